The number of amides is 4. The maximum Gasteiger partial charge on any atom is 0.325 e. The first-order valence-electron chi connectivity index (χ1n) is 10.9. The first-order valence-corrected chi connectivity index (χ1v) is 11.3. The van der Waals surface area contributed by atoms with Crippen LogP contribution in [0.2, 0.25) is 5.02 Å². The van der Waals surface area contributed by atoms with Crippen molar-refractivity contribution in [1.29, 1.82) is 0 Å². The van der Waals surface area contributed by atoms with Crippen LogP contribution < -0.4 is 10.6 Å². The normalized spacial score (nSPS) is 17.7. The first kappa shape index (κ1) is 23.5. The molecule has 1 atom stereocenters. The number of halogens is 1. The Bertz CT molecular complexity index is 1240. The fourth-order valence-corrected chi connectivity index (χ4v) is 4.23. The van der Waals surface area contributed by atoms with Crippen LogP contribution in [0.1, 0.15) is 35.0 Å². The molecule has 0 bridgehead atoms. The minimum Gasteiger partial charge on any atom is -0.350 e. The summed E-state index contributed by atoms with van der Waals surface area (Å²) in [4.78, 5) is 39.1. The summed E-state index contributed by atoms with van der Waals surface area (Å²) in [6.45, 7) is 5.98. The lowest BCUT2D eigenvalue weighted by Gasteiger charge is -2.22. The molecule has 4 amide bonds. The molecule has 4 rings (SSSR count). The predicted octanol–water partition coefficient (Wildman–Crippen LogP) is 3.29. The number of hydrogen-bond donors (Lipinski definition) is 2. The molecule has 9 heteroatoms. The van der Waals surface area contributed by atoms with Crippen LogP contribution in [-0.2, 0) is 28.2 Å². The Kier molecular flexibility index (Phi) is 6.43. The zero-order valence-corrected chi connectivity index (χ0v) is 20.0. The zero-order chi connectivity index (χ0) is 24.5. The van der Waals surface area contributed by atoms with Gasteiger partial charge in [0.1, 0.15) is 12.1 Å². The summed E-state index contributed by atoms with van der Waals surface area (Å²) in [5.74, 6) is -0.920. The Morgan fingerprint density at radius 2 is 1.76 bits per heavy atom. The van der Waals surface area contributed by atoms with E-state index in [1.165, 1.54) is 0 Å². The maximum atomic E-state index is 13.0. The molecule has 176 valence electrons. The molecule has 3 aromatic rings. The Balaban J connectivity index is 1.40. The van der Waals surface area contributed by atoms with Gasteiger partial charge in [-0.2, -0.15) is 5.10 Å². The standard InChI is InChI=1S/C25H26ClN5O3/c1-16-21(17(2)31(29-16)14-18-7-5-4-6-8-18)13-27-22(32)15-30-23(33)25(3,28-24(30)34)19-9-11-20(26)12-10-19/h4-12H,13-15H2,1-3H3,(H,27,32)(H,28,34). The summed E-state index contributed by atoms with van der Waals surface area (Å²) >= 11 is 5.93. The van der Waals surface area contributed by atoms with Gasteiger partial charge in [-0.3, -0.25) is 19.2 Å². The van der Waals surface area contributed by atoms with Crippen LogP contribution in [0.3, 0.4) is 0 Å². The molecule has 0 spiro atoms. The molecule has 8 nitrogen and oxygen atoms in total. The van der Waals surface area contributed by atoms with E-state index in [0.29, 0.717) is 17.1 Å². The van der Waals surface area contributed by atoms with Crippen LogP contribution in [0.4, 0.5) is 4.79 Å². The Morgan fingerprint density at radius 1 is 1.09 bits per heavy atom. The van der Waals surface area contributed by atoms with Gasteiger partial charge in [-0.25, -0.2) is 4.79 Å². The van der Waals surface area contributed by atoms with Gasteiger partial charge >= 0.3 is 6.03 Å². The van der Waals surface area contributed by atoms with Gasteiger partial charge in [-0.15, -0.1) is 0 Å². The molecular weight excluding hydrogens is 454 g/mol. The lowest BCUT2D eigenvalue weighted by atomic mass is 9.92. The van der Waals surface area contributed by atoms with Crippen LogP contribution in [-0.4, -0.2) is 39.1 Å². The molecule has 0 saturated carbocycles. The predicted molar refractivity (Wildman–Crippen MR) is 128 cm³/mol. The van der Waals surface area contributed by atoms with Crippen molar-refractivity contribution in [2.24, 2.45) is 0 Å². The molecular formula is C25H26ClN5O3. The largest absolute Gasteiger partial charge is 0.350 e. The lowest BCUT2D eigenvalue weighted by molar-refractivity contribution is -0.134. The second kappa shape index (κ2) is 9.30. The number of nitrogens with one attached hydrogen (secondary N) is 2. The number of carbonyl (C=O) groups excluding carboxylic acids is 3. The van der Waals surface area contributed by atoms with Crippen LogP contribution in [0, 0.1) is 13.8 Å². The highest BCUT2D eigenvalue weighted by atomic mass is 35.5. The van der Waals surface area contributed by atoms with Gasteiger partial charge in [0.05, 0.1) is 12.2 Å². The molecule has 1 aliphatic heterocycles. The minimum absolute atomic E-state index is 0.253. The highest BCUT2D eigenvalue weighted by molar-refractivity contribution is 6.30. The molecule has 1 aliphatic rings. The second-order valence-electron chi connectivity index (χ2n) is 8.52. The van der Waals surface area contributed by atoms with Crippen molar-refractivity contribution in [3.63, 3.8) is 0 Å². The molecule has 0 aliphatic carbocycles. The van der Waals surface area contributed by atoms with E-state index in [1.807, 2.05) is 48.9 Å². The van der Waals surface area contributed by atoms with Gasteiger partial charge < -0.3 is 10.6 Å². The number of hydrogen-bond acceptors (Lipinski definition) is 4. The number of benzene rings is 2. The van der Waals surface area contributed by atoms with E-state index < -0.39 is 23.4 Å². The van der Waals surface area contributed by atoms with Crippen LogP contribution in [0.5, 0.6) is 0 Å². The maximum absolute atomic E-state index is 13.0. The molecule has 1 saturated heterocycles. The van der Waals surface area contributed by atoms with E-state index in [9.17, 15) is 14.4 Å². The van der Waals surface area contributed by atoms with Crippen molar-refractivity contribution in [3.8, 4) is 0 Å². The summed E-state index contributed by atoms with van der Waals surface area (Å²) in [7, 11) is 0. The number of carbonyl (C=O) groups is 3. The summed E-state index contributed by atoms with van der Waals surface area (Å²) in [5, 5.41) is 10.6. The number of urea groups is 1. The van der Waals surface area contributed by atoms with E-state index in [0.717, 1.165) is 27.4 Å². The lowest BCUT2D eigenvalue weighted by Crippen LogP contribution is -2.43. The molecule has 2 heterocycles. The average molecular weight is 480 g/mol. The van der Waals surface area contributed by atoms with Gasteiger partial charge in [-0.1, -0.05) is 54.1 Å². The molecule has 1 unspecified atom stereocenters. The highest BCUT2D eigenvalue weighted by Gasteiger charge is 2.49. The number of imide groups is 1. The molecule has 0 radical (unpaired) electrons. The van der Waals surface area contributed by atoms with Crippen molar-refractivity contribution in [1.82, 2.24) is 25.3 Å². The molecule has 2 aromatic carbocycles. The summed E-state index contributed by atoms with van der Waals surface area (Å²) < 4.78 is 1.90. The van der Waals surface area contributed by atoms with Crippen molar-refractivity contribution < 1.29 is 14.4 Å². The van der Waals surface area contributed by atoms with Crippen LogP contribution in [0.15, 0.2) is 54.6 Å². The summed E-state index contributed by atoms with van der Waals surface area (Å²) in [6.07, 6.45) is 0. The fourth-order valence-electron chi connectivity index (χ4n) is 4.11. The molecule has 2 N–H and O–H groups in total. The van der Waals surface area contributed by atoms with Crippen molar-refractivity contribution >= 4 is 29.4 Å². The molecule has 34 heavy (non-hydrogen) atoms. The van der Waals surface area contributed by atoms with Crippen LogP contribution >= 0.6 is 11.6 Å². The van der Waals surface area contributed by atoms with E-state index in [4.69, 9.17) is 11.6 Å². The number of aryl methyl sites for hydroxylation is 1. The first-order chi connectivity index (χ1) is 16.2. The highest BCUT2D eigenvalue weighted by Crippen LogP contribution is 2.29. The molecule has 1 fully saturated rings. The van der Waals surface area contributed by atoms with Gasteiger partial charge in [0.25, 0.3) is 5.91 Å². The van der Waals surface area contributed by atoms with Crippen molar-refractivity contribution in [2.75, 3.05) is 6.54 Å². The van der Waals surface area contributed by atoms with Gasteiger partial charge in [-0.05, 0) is 44.0 Å². The average Bonchev–Trinajstić information content (AvgIpc) is 3.20. The van der Waals surface area contributed by atoms with Crippen LogP contribution in [0.25, 0.3) is 0 Å². The van der Waals surface area contributed by atoms with E-state index in [2.05, 4.69) is 15.7 Å². The molecule has 1 aromatic heterocycles. The van der Waals surface area contributed by atoms with Gasteiger partial charge in [0.15, 0.2) is 0 Å². The SMILES string of the molecule is Cc1nn(Cc2ccccc2)c(C)c1CNC(=O)CN1C(=O)NC(C)(c2ccc(Cl)cc2)C1=O. The van der Waals surface area contributed by atoms with Gasteiger partial charge in [0.2, 0.25) is 5.91 Å². The fraction of sp³-hybridized carbons (Fsp3) is 0.280. The van der Waals surface area contributed by atoms with Gasteiger partial charge in [0, 0.05) is 22.8 Å². The Hall–Kier alpha value is -3.65. The third-order valence-corrected chi connectivity index (χ3v) is 6.42. The quantitative estimate of drug-likeness (QED) is 0.508. The zero-order valence-electron chi connectivity index (χ0n) is 19.3. The summed E-state index contributed by atoms with van der Waals surface area (Å²) in [5.41, 5.74) is 3.15. The monoisotopic (exact) mass is 479 g/mol. The smallest absolute Gasteiger partial charge is 0.325 e. The second-order valence-corrected chi connectivity index (χ2v) is 8.96. The summed E-state index contributed by atoms with van der Waals surface area (Å²) in [6, 6.07) is 16.1. The third kappa shape index (κ3) is 4.54. The minimum atomic E-state index is -1.26. The van der Waals surface area contributed by atoms with Crippen molar-refractivity contribution in [3.05, 3.63) is 87.7 Å². The topological polar surface area (TPSA) is 96.3 Å². The van der Waals surface area contributed by atoms with Crippen molar-refractivity contribution in [2.45, 2.75) is 39.4 Å². The third-order valence-electron chi connectivity index (χ3n) is 6.17. The van der Waals surface area contributed by atoms with E-state index in [1.54, 1.807) is 31.2 Å². The Labute approximate surface area is 202 Å². The van der Waals surface area contributed by atoms with E-state index >= 15 is 0 Å². The number of aromatic nitrogens is 2. The van der Waals surface area contributed by atoms with E-state index in [-0.39, 0.29) is 13.1 Å². The number of nitrogens with zero attached hydrogens (tertiary/aromatic N) is 3. The Morgan fingerprint density at radius 3 is 2.44 bits per heavy atom. The number of rotatable bonds is 7.